The molecule has 36 heavy (non-hydrogen) atoms. The van der Waals surface area contributed by atoms with Crippen LogP contribution in [0.15, 0.2) is 70.3 Å². The molecule has 0 aliphatic rings. The van der Waals surface area contributed by atoms with Crippen molar-refractivity contribution < 1.29 is 9.47 Å². The van der Waals surface area contributed by atoms with E-state index in [0.29, 0.717) is 46.5 Å². The summed E-state index contributed by atoms with van der Waals surface area (Å²) in [4.78, 5) is 35.5. The van der Waals surface area contributed by atoms with Gasteiger partial charge in [0.15, 0.2) is 0 Å². The van der Waals surface area contributed by atoms with Crippen LogP contribution in [0, 0.1) is 0 Å². The first-order chi connectivity index (χ1) is 17.5. The van der Waals surface area contributed by atoms with Crippen LogP contribution in [0.2, 0.25) is 0 Å². The van der Waals surface area contributed by atoms with Gasteiger partial charge in [0.2, 0.25) is 0 Å². The molecule has 0 fully saturated rings. The molecule has 0 spiro atoms. The van der Waals surface area contributed by atoms with Gasteiger partial charge in [-0.15, -0.1) is 0 Å². The van der Waals surface area contributed by atoms with Gasteiger partial charge in [-0.25, -0.2) is 9.97 Å². The lowest BCUT2D eigenvalue weighted by Crippen LogP contribution is -2.41. The molecule has 2 aromatic heterocycles. The molecule has 0 unspecified atom stereocenters. The third-order valence-electron chi connectivity index (χ3n) is 6.37. The lowest BCUT2D eigenvalue weighted by molar-refractivity contribution is 0.414. The monoisotopic (exact) mass is 482 g/mol. The summed E-state index contributed by atoms with van der Waals surface area (Å²) >= 11 is 0. The standard InChI is InChI=1S/C28H26N4O4/c1-5-31-23-15-21-22(16-24(23)32(6-2)28(34)27(31)33)30-26(18-9-13-20(36-4)14-10-18)25(29-21)17-7-11-19(35-3)12-8-17/h7-16H,5-6H2,1-4H3. The number of methoxy groups -OCH3 is 2. The maximum Gasteiger partial charge on any atom is 0.316 e. The largest absolute Gasteiger partial charge is 0.497 e. The molecule has 3 aromatic carbocycles. The van der Waals surface area contributed by atoms with Gasteiger partial charge in [-0.3, -0.25) is 9.59 Å². The van der Waals surface area contributed by atoms with E-state index in [9.17, 15) is 9.59 Å². The fourth-order valence-corrected chi connectivity index (χ4v) is 4.49. The molecule has 2 heterocycles. The Balaban J connectivity index is 1.86. The van der Waals surface area contributed by atoms with Crippen LogP contribution in [-0.2, 0) is 13.1 Å². The molecule has 5 rings (SSSR count). The van der Waals surface area contributed by atoms with Gasteiger partial charge >= 0.3 is 11.1 Å². The van der Waals surface area contributed by atoms with Crippen LogP contribution in [0.25, 0.3) is 44.6 Å². The molecule has 0 N–H and O–H groups in total. The van der Waals surface area contributed by atoms with E-state index < -0.39 is 11.1 Å². The zero-order valence-corrected chi connectivity index (χ0v) is 20.6. The van der Waals surface area contributed by atoms with Crippen LogP contribution in [0.5, 0.6) is 11.5 Å². The van der Waals surface area contributed by atoms with Crippen LogP contribution in [-0.4, -0.2) is 33.3 Å². The summed E-state index contributed by atoms with van der Waals surface area (Å²) < 4.78 is 13.6. The normalized spacial score (nSPS) is 11.2. The molecule has 8 nitrogen and oxygen atoms in total. The molecule has 0 aliphatic carbocycles. The summed E-state index contributed by atoms with van der Waals surface area (Å²) in [5, 5.41) is 0. The number of fused-ring (bicyclic) bond motifs is 2. The van der Waals surface area contributed by atoms with Crippen molar-refractivity contribution in [3.63, 3.8) is 0 Å². The van der Waals surface area contributed by atoms with E-state index in [1.165, 1.54) is 9.13 Å². The quantitative estimate of drug-likeness (QED) is 0.262. The first-order valence-electron chi connectivity index (χ1n) is 11.8. The average Bonchev–Trinajstić information content (AvgIpc) is 2.92. The van der Waals surface area contributed by atoms with Gasteiger partial charge in [-0.05, 0) is 74.5 Å². The SMILES string of the molecule is CCn1c(=O)c(=O)n(CC)c2cc3nc(-c4ccc(OC)cc4)c(-c4ccc(OC)cc4)nc3cc21. The van der Waals surface area contributed by atoms with Crippen molar-refractivity contribution in [1.82, 2.24) is 19.1 Å². The molecular formula is C28H26N4O4. The Morgan fingerprint density at radius 1 is 0.639 bits per heavy atom. The Labute approximate surface area is 207 Å². The maximum absolute atomic E-state index is 12.7. The fourth-order valence-electron chi connectivity index (χ4n) is 4.49. The average molecular weight is 483 g/mol. The molecule has 0 radical (unpaired) electrons. The maximum atomic E-state index is 12.7. The number of hydrogen-bond donors (Lipinski definition) is 0. The van der Waals surface area contributed by atoms with Gasteiger partial charge in [0.1, 0.15) is 11.5 Å². The summed E-state index contributed by atoms with van der Waals surface area (Å²) in [6.45, 7) is 4.46. The molecule has 0 atom stereocenters. The molecule has 0 amide bonds. The highest BCUT2D eigenvalue weighted by atomic mass is 16.5. The lowest BCUT2D eigenvalue weighted by Gasteiger charge is -2.15. The summed E-state index contributed by atoms with van der Waals surface area (Å²) in [5.41, 5.74) is 4.65. The predicted molar refractivity (Wildman–Crippen MR) is 141 cm³/mol. The summed E-state index contributed by atoms with van der Waals surface area (Å²) in [6, 6.07) is 19.0. The molecule has 0 saturated carbocycles. The Bertz CT molecular complexity index is 1570. The van der Waals surface area contributed by atoms with E-state index in [1.54, 1.807) is 14.2 Å². The van der Waals surface area contributed by atoms with Crippen molar-refractivity contribution in [2.45, 2.75) is 26.9 Å². The van der Waals surface area contributed by atoms with Gasteiger partial charge in [0.25, 0.3) is 0 Å². The smallest absolute Gasteiger partial charge is 0.316 e. The lowest BCUT2D eigenvalue weighted by atomic mass is 10.0. The third-order valence-corrected chi connectivity index (χ3v) is 6.37. The first-order valence-corrected chi connectivity index (χ1v) is 11.8. The molecule has 0 saturated heterocycles. The minimum atomic E-state index is -0.538. The van der Waals surface area contributed by atoms with Crippen molar-refractivity contribution >= 4 is 22.1 Å². The van der Waals surface area contributed by atoms with Crippen LogP contribution >= 0.6 is 0 Å². The van der Waals surface area contributed by atoms with E-state index in [2.05, 4.69) is 0 Å². The first kappa shape index (κ1) is 23.3. The summed E-state index contributed by atoms with van der Waals surface area (Å²) in [6.07, 6.45) is 0. The van der Waals surface area contributed by atoms with Gasteiger partial charge in [-0.1, -0.05) is 0 Å². The van der Waals surface area contributed by atoms with Crippen molar-refractivity contribution in [2.75, 3.05) is 14.2 Å². The number of hydrogen-bond acceptors (Lipinski definition) is 6. The summed E-state index contributed by atoms with van der Waals surface area (Å²) in [5.74, 6) is 1.49. The molecule has 8 heteroatoms. The number of nitrogens with zero attached hydrogens (tertiary/aromatic N) is 4. The second-order valence-corrected chi connectivity index (χ2v) is 8.31. The number of benzene rings is 3. The fraction of sp³-hybridized carbons (Fsp3) is 0.214. The van der Waals surface area contributed by atoms with E-state index in [1.807, 2.05) is 74.5 Å². The highest BCUT2D eigenvalue weighted by Crippen LogP contribution is 2.33. The predicted octanol–water partition coefficient (Wildman–Crippen LogP) is 4.50. The second kappa shape index (κ2) is 9.30. The van der Waals surface area contributed by atoms with Crippen LogP contribution in [0.4, 0.5) is 0 Å². The van der Waals surface area contributed by atoms with Gasteiger partial charge < -0.3 is 18.6 Å². The number of rotatable bonds is 6. The van der Waals surface area contributed by atoms with E-state index >= 15 is 0 Å². The molecule has 0 bridgehead atoms. The molecule has 0 aliphatic heterocycles. The zero-order chi connectivity index (χ0) is 25.4. The van der Waals surface area contributed by atoms with Crippen molar-refractivity contribution in [3.05, 3.63) is 81.4 Å². The molecular weight excluding hydrogens is 456 g/mol. The van der Waals surface area contributed by atoms with Crippen LogP contribution < -0.4 is 20.6 Å². The number of ether oxygens (including phenoxy) is 2. The topological polar surface area (TPSA) is 88.2 Å². The molecule has 182 valence electrons. The van der Waals surface area contributed by atoms with E-state index in [4.69, 9.17) is 19.4 Å². The minimum Gasteiger partial charge on any atom is -0.497 e. The van der Waals surface area contributed by atoms with Crippen molar-refractivity contribution in [1.29, 1.82) is 0 Å². The van der Waals surface area contributed by atoms with E-state index in [0.717, 1.165) is 22.6 Å². The second-order valence-electron chi connectivity index (χ2n) is 8.31. The van der Waals surface area contributed by atoms with Gasteiger partial charge in [-0.2, -0.15) is 0 Å². The van der Waals surface area contributed by atoms with Crippen molar-refractivity contribution in [2.24, 2.45) is 0 Å². The Kier molecular flexibility index (Phi) is 6.01. The zero-order valence-electron chi connectivity index (χ0n) is 20.6. The highest BCUT2D eigenvalue weighted by molar-refractivity contribution is 5.94. The van der Waals surface area contributed by atoms with Crippen LogP contribution in [0.1, 0.15) is 13.8 Å². The van der Waals surface area contributed by atoms with E-state index in [-0.39, 0.29) is 0 Å². The number of aryl methyl sites for hydroxylation is 2. The van der Waals surface area contributed by atoms with Gasteiger partial charge in [0, 0.05) is 24.2 Å². The van der Waals surface area contributed by atoms with Gasteiger partial charge in [0.05, 0.1) is 47.7 Å². The minimum absolute atomic E-state index is 0.378. The Morgan fingerprint density at radius 2 is 1.00 bits per heavy atom. The third kappa shape index (κ3) is 3.80. The highest BCUT2D eigenvalue weighted by Gasteiger charge is 2.17. The van der Waals surface area contributed by atoms with Crippen molar-refractivity contribution in [3.8, 4) is 34.0 Å². The van der Waals surface area contributed by atoms with Crippen LogP contribution in [0.3, 0.4) is 0 Å². The summed E-state index contributed by atoms with van der Waals surface area (Å²) in [7, 11) is 3.25. The Hall–Kier alpha value is -4.46. The molecule has 5 aromatic rings. The number of aromatic nitrogens is 4. The Morgan fingerprint density at radius 3 is 1.31 bits per heavy atom.